The largest absolute Gasteiger partial charge is 0.493 e. The standard InChI is InChI=1S/C20H22N6O.ClH/c1-5-21-20(22-6-1)26-9-7-25(8-10-26)14-17-13-23-19(24-17)16-2-3-18-15(12-16)4-11-27-18;/h1-3,5-6,12-13H,4,7-11,14H2,(H,23,24);1H. The minimum Gasteiger partial charge on any atom is -0.493 e. The molecule has 7 nitrogen and oxygen atoms in total. The van der Waals surface area contributed by atoms with Crippen molar-refractivity contribution in [3.05, 3.63) is 54.1 Å². The van der Waals surface area contributed by atoms with Gasteiger partial charge in [0.1, 0.15) is 11.6 Å². The van der Waals surface area contributed by atoms with Gasteiger partial charge in [0.25, 0.3) is 0 Å². The lowest BCUT2D eigenvalue weighted by Crippen LogP contribution is -2.46. The molecule has 5 rings (SSSR count). The lowest BCUT2D eigenvalue weighted by Gasteiger charge is -2.34. The number of aromatic nitrogens is 4. The lowest BCUT2D eigenvalue weighted by molar-refractivity contribution is 0.246. The van der Waals surface area contributed by atoms with Crippen molar-refractivity contribution in [1.82, 2.24) is 24.8 Å². The van der Waals surface area contributed by atoms with Gasteiger partial charge < -0.3 is 14.6 Å². The molecule has 2 aliphatic rings. The summed E-state index contributed by atoms with van der Waals surface area (Å²) in [6.07, 6.45) is 6.59. The summed E-state index contributed by atoms with van der Waals surface area (Å²) in [6, 6.07) is 8.16. The highest BCUT2D eigenvalue weighted by Crippen LogP contribution is 2.29. The molecule has 28 heavy (non-hydrogen) atoms. The van der Waals surface area contributed by atoms with Crippen LogP contribution in [0.25, 0.3) is 11.4 Å². The molecule has 146 valence electrons. The van der Waals surface area contributed by atoms with E-state index in [-0.39, 0.29) is 12.4 Å². The van der Waals surface area contributed by atoms with E-state index in [0.717, 1.165) is 74.5 Å². The summed E-state index contributed by atoms with van der Waals surface area (Å²) in [5, 5.41) is 0. The number of anilines is 1. The molecule has 1 fully saturated rings. The number of imidazole rings is 1. The summed E-state index contributed by atoms with van der Waals surface area (Å²) in [5.74, 6) is 2.75. The maximum Gasteiger partial charge on any atom is 0.225 e. The molecule has 0 amide bonds. The number of benzene rings is 1. The fraction of sp³-hybridized carbons (Fsp3) is 0.350. The number of aromatic amines is 1. The van der Waals surface area contributed by atoms with Crippen LogP contribution >= 0.6 is 12.4 Å². The monoisotopic (exact) mass is 398 g/mol. The summed E-state index contributed by atoms with van der Waals surface area (Å²) < 4.78 is 5.59. The van der Waals surface area contributed by atoms with Crippen molar-refractivity contribution in [2.45, 2.75) is 13.0 Å². The Hall–Kier alpha value is -2.64. The SMILES string of the molecule is Cl.c1cnc(N2CCN(Cc3c[nH]c(-c4ccc5c(c4)CCO5)n3)CC2)nc1. The molecule has 0 radical (unpaired) electrons. The Labute approximate surface area is 170 Å². The molecule has 0 unspecified atom stereocenters. The topological polar surface area (TPSA) is 70.2 Å². The van der Waals surface area contributed by atoms with E-state index in [9.17, 15) is 0 Å². The van der Waals surface area contributed by atoms with Crippen LogP contribution in [0.15, 0.2) is 42.9 Å². The van der Waals surface area contributed by atoms with Crippen molar-refractivity contribution in [3.8, 4) is 17.1 Å². The first kappa shape index (κ1) is 18.7. The van der Waals surface area contributed by atoms with Gasteiger partial charge in [-0.1, -0.05) is 0 Å². The van der Waals surface area contributed by atoms with E-state index in [2.05, 4.69) is 36.9 Å². The Kier molecular flexibility index (Phi) is 5.45. The summed E-state index contributed by atoms with van der Waals surface area (Å²) in [5.41, 5.74) is 3.47. The van der Waals surface area contributed by atoms with Gasteiger partial charge in [-0.2, -0.15) is 0 Å². The molecule has 1 N–H and O–H groups in total. The van der Waals surface area contributed by atoms with Crippen molar-refractivity contribution in [2.24, 2.45) is 0 Å². The molecule has 1 saturated heterocycles. The number of piperazine rings is 1. The van der Waals surface area contributed by atoms with Crippen LogP contribution in [-0.4, -0.2) is 57.6 Å². The van der Waals surface area contributed by atoms with Gasteiger partial charge in [0.15, 0.2) is 0 Å². The average Bonchev–Trinajstić information content (AvgIpc) is 3.38. The summed E-state index contributed by atoms with van der Waals surface area (Å²) in [6.45, 7) is 5.47. The van der Waals surface area contributed by atoms with Crippen LogP contribution in [0.5, 0.6) is 5.75 Å². The molecule has 0 bridgehead atoms. The van der Waals surface area contributed by atoms with Gasteiger partial charge in [-0.3, -0.25) is 4.90 Å². The van der Waals surface area contributed by atoms with Gasteiger partial charge in [0.2, 0.25) is 5.95 Å². The molecular weight excluding hydrogens is 376 g/mol. The number of H-pyrrole nitrogens is 1. The molecule has 0 aliphatic carbocycles. The Bertz CT molecular complexity index is 923. The zero-order valence-electron chi connectivity index (χ0n) is 15.5. The van der Waals surface area contributed by atoms with E-state index < -0.39 is 0 Å². The zero-order chi connectivity index (χ0) is 18.1. The summed E-state index contributed by atoms with van der Waals surface area (Å²) >= 11 is 0. The number of hydrogen-bond acceptors (Lipinski definition) is 6. The smallest absolute Gasteiger partial charge is 0.225 e. The fourth-order valence-electron chi connectivity index (χ4n) is 3.71. The van der Waals surface area contributed by atoms with E-state index in [1.165, 1.54) is 5.56 Å². The van der Waals surface area contributed by atoms with E-state index in [1.807, 2.05) is 18.3 Å². The van der Waals surface area contributed by atoms with Gasteiger partial charge in [-0.05, 0) is 29.8 Å². The lowest BCUT2D eigenvalue weighted by atomic mass is 10.1. The van der Waals surface area contributed by atoms with Gasteiger partial charge >= 0.3 is 0 Å². The number of nitrogens with one attached hydrogen (secondary N) is 1. The maximum absolute atomic E-state index is 5.59. The van der Waals surface area contributed by atoms with Crippen molar-refractivity contribution in [3.63, 3.8) is 0 Å². The first-order valence-corrected chi connectivity index (χ1v) is 9.40. The molecular formula is C20H23ClN6O. The second-order valence-corrected chi connectivity index (χ2v) is 6.97. The second kappa shape index (κ2) is 8.16. The van der Waals surface area contributed by atoms with Crippen LogP contribution in [0.1, 0.15) is 11.3 Å². The summed E-state index contributed by atoms with van der Waals surface area (Å²) in [4.78, 5) is 21.5. The first-order chi connectivity index (χ1) is 13.3. The van der Waals surface area contributed by atoms with Crippen molar-refractivity contribution in [1.29, 1.82) is 0 Å². The Morgan fingerprint density at radius 3 is 2.71 bits per heavy atom. The van der Waals surface area contributed by atoms with Crippen LogP contribution in [-0.2, 0) is 13.0 Å². The van der Waals surface area contributed by atoms with Crippen LogP contribution in [0.3, 0.4) is 0 Å². The van der Waals surface area contributed by atoms with Crippen LogP contribution in [0, 0.1) is 0 Å². The third-order valence-electron chi connectivity index (χ3n) is 5.19. The van der Waals surface area contributed by atoms with Crippen molar-refractivity contribution < 1.29 is 4.74 Å². The highest BCUT2D eigenvalue weighted by atomic mass is 35.5. The first-order valence-electron chi connectivity index (χ1n) is 9.40. The number of fused-ring (bicyclic) bond motifs is 1. The number of ether oxygens (including phenoxy) is 1. The molecule has 1 aromatic carbocycles. The van der Waals surface area contributed by atoms with Crippen molar-refractivity contribution in [2.75, 3.05) is 37.7 Å². The molecule has 3 aromatic rings. The second-order valence-electron chi connectivity index (χ2n) is 6.97. The number of nitrogens with zero attached hydrogens (tertiary/aromatic N) is 5. The Balaban J connectivity index is 0.00000192. The Morgan fingerprint density at radius 2 is 1.89 bits per heavy atom. The van der Waals surface area contributed by atoms with Gasteiger partial charge in [-0.15, -0.1) is 12.4 Å². The molecule has 0 spiro atoms. The number of rotatable bonds is 4. The maximum atomic E-state index is 5.59. The van der Waals surface area contributed by atoms with E-state index in [0.29, 0.717) is 0 Å². The predicted octanol–water partition coefficient (Wildman–Crippen LogP) is 2.55. The molecule has 4 heterocycles. The minimum atomic E-state index is 0. The van der Waals surface area contributed by atoms with Gasteiger partial charge in [0.05, 0.1) is 12.3 Å². The van der Waals surface area contributed by atoms with Gasteiger partial charge in [0, 0.05) is 63.3 Å². The molecule has 2 aromatic heterocycles. The third-order valence-corrected chi connectivity index (χ3v) is 5.19. The highest BCUT2D eigenvalue weighted by molar-refractivity contribution is 5.85. The van der Waals surface area contributed by atoms with E-state index in [1.54, 1.807) is 12.4 Å². The number of halogens is 1. The average molecular weight is 399 g/mol. The van der Waals surface area contributed by atoms with Crippen LogP contribution < -0.4 is 9.64 Å². The van der Waals surface area contributed by atoms with Gasteiger partial charge in [-0.25, -0.2) is 15.0 Å². The fourth-order valence-corrected chi connectivity index (χ4v) is 3.71. The summed E-state index contributed by atoms with van der Waals surface area (Å²) in [7, 11) is 0. The number of hydrogen-bond donors (Lipinski definition) is 1. The predicted molar refractivity (Wildman–Crippen MR) is 110 cm³/mol. The van der Waals surface area contributed by atoms with E-state index >= 15 is 0 Å². The molecule has 8 heteroatoms. The van der Waals surface area contributed by atoms with Crippen molar-refractivity contribution >= 4 is 18.4 Å². The zero-order valence-corrected chi connectivity index (χ0v) is 16.4. The third kappa shape index (κ3) is 3.81. The normalized spacial score (nSPS) is 16.4. The minimum absolute atomic E-state index is 0. The van der Waals surface area contributed by atoms with Crippen LogP contribution in [0.4, 0.5) is 5.95 Å². The molecule has 0 saturated carbocycles. The molecule has 0 atom stereocenters. The highest BCUT2D eigenvalue weighted by Gasteiger charge is 2.20. The quantitative estimate of drug-likeness (QED) is 0.728. The van der Waals surface area contributed by atoms with E-state index in [4.69, 9.17) is 9.72 Å². The van der Waals surface area contributed by atoms with Crippen LogP contribution in [0.2, 0.25) is 0 Å². The molecule has 2 aliphatic heterocycles. The Morgan fingerprint density at radius 1 is 1.07 bits per heavy atom.